The number of hydrogen-bond donors (Lipinski definition) is 5. The third-order valence-electron chi connectivity index (χ3n) is 18.8. The molecular weight excluding hydrogens is 1300 g/mol. The first-order valence-electron chi connectivity index (χ1n) is 30.2. The topological polar surface area (TPSA) is 264 Å². The number of piperazine rings is 1. The summed E-state index contributed by atoms with van der Waals surface area (Å²) >= 11 is 7.83. The second-order valence-electron chi connectivity index (χ2n) is 23.9. The van der Waals surface area contributed by atoms with Gasteiger partial charge in [0.15, 0.2) is 5.82 Å². The van der Waals surface area contributed by atoms with Gasteiger partial charge in [0.1, 0.15) is 59.6 Å². The summed E-state index contributed by atoms with van der Waals surface area (Å²) < 4.78 is 66.3. The van der Waals surface area contributed by atoms with Crippen molar-refractivity contribution < 1.29 is 84.8 Å². The predicted molar refractivity (Wildman–Crippen MR) is 335 cm³/mol. The SMILES string of the molecule is C=C(CNO)C(=O)N1CCN(c2nc(OCC34CCCN3CCC4)nc3c(F)c(C4=c5c(C#N)c(N)sc5=C(F)CC=C4)c(Cl)cc23)CC1.CCC1C(=O)OCc2c1cc1n(c2=O)Cc2c-1nc1cc(F)c(C)c3c1c2C(NC(=O)OCc1ccc(O)cc1)CC3.[Y]. The summed E-state index contributed by atoms with van der Waals surface area (Å²) in [4.78, 5) is 72.3. The molecule has 9 heterocycles. The van der Waals surface area contributed by atoms with Crippen LogP contribution in [0.15, 0.2) is 71.6 Å². The van der Waals surface area contributed by atoms with Crippen molar-refractivity contribution in [2.45, 2.75) is 102 Å². The number of esters is 1. The van der Waals surface area contributed by atoms with Crippen LogP contribution in [-0.4, -0.2) is 116 Å². The van der Waals surface area contributed by atoms with Crippen LogP contribution in [0.4, 0.5) is 28.8 Å². The molecule has 3 fully saturated rings. The molecule has 14 rings (SSSR count). The van der Waals surface area contributed by atoms with Gasteiger partial charge in [-0.3, -0.25) is 19.3 Å². The number of aryl methyl sites for hydroxylation is 1. The number of nitrogens with zero attached hydrogens (tertiary/aromatic N) is 8. The summed E-state index contributed by atoms with van der Waals surface area (Å²) in [5.74, 6) is -2.24. The van der Waals surface area contributed by atoms with Crippen LogP contribution in [0.2, 0.25) is 5.02 Å². The summed E-state index contributed by atoms with van der Waals surface area (Å²) in [7, 11) is 0. The van der Waals surface area contributed by atoms with Gasteiger partial charge in [-0.15, -0.1) is 11.3 Å². The zero-order valence-electron chi connectivity index (χ0n) is 50.4. The van der Waals surface area contributed by atoms with Crippen molar-refractivity contribution in [1.29, 1.82) is 5.26 Å². The molecule has 92 heavy (non-hydrogen) atoms. The average molecular weight is 1370 g/mol. The zero-order valence-corrected chi connectivity index (χ0v) is 54.8. The molecule has 473 valence electrons. The van der Waals surface area contributed by atoms with Gasteiger partial charge in [-0.2, -0.15) is 15.2 Å². The Balaban J connectivity index is 0.000000177. The van der Waals surface area contributed by atoms with Crippen LogP contribution in [0.3, 0.4) is 0 Å². The van der Waals surface area contributed by atoms with Gasteiger partial charge in [-0.1, -0.05) is 49.4 Å². The van der Waals surface area contributed by atoms with E-state index < -0.39 is 29.7 Å². The molecule has 2 aliphatic carbocycles. The molecular formula is C66H63ClF3N11O9SY. The van der Waals surface area contributed by atoms with E-state index in [0.717, 1.165) is 77.7 Å². The van der Waals surface area contributed by atoms with Gasteiger partial charge >= 0.3 is 18.1 Å². The largest absolute Gasteiger partial charge is 0.508 e. The van der Waals surface area contributed by atoms with Crippen LogP contribution in [0.5, 0.6) is 11.8 Å². The fraction of sp³-hybridized carbons (Fsp3) is 0.364. The quantitative estimate of drug-likeness (QED) is 0.0437. The molecule has 6 N–H and O–H groups in total. The van der Waals surface area contributed by atoms with Gasteiger partial charge in [-0.25, -0.2) is 28.4 Å². The number of cyclic esters (lactones) is 1. The van der Waals surface area contributed by atoms with Crippen LogP contribution < -0.4 is 41.5 Å². The minimum Gasteiger partial charge on any atom is -0.508 e. The molecule has 0 saturated carbocycles. The molecule has 1 radical (unpaired) electrons. The van der Waals surface area contributed by atoms with Crippen molar-refractivity contribution in [3.63, 3.8) is 0 Å². The molecule has 2 amide bonds. The van der Waals surface area contributed by atoms with Crippen molar-refractivity contribution in [2.75, 3.05) is 63.1 Å². The minimum atomic E-state index is -0.763. The summed E-state index contributed by atoms with van der Waals surface area (Å²) in [5.41, 5.74) is 14.6. The fourth-order valence-corrected chi connectivity index (χ4v) is 15.5. The Labute approximate surface area is 559 Å². The van der Waals surface area contributed by atoms with E-state index in [0.29, 0.717) is 96.8 Å². The molecule has 5 aliphatic heterocycles. The molecule has 4 aromatic heterocycles. The second kappa shape index (κ2) is 26.0. The number of hydrogen-bond acceptors (Lipinski definition) is 18. The van der Waals surface area contributed by atoms with E-state index in [1.165, 1.54) is 18.2 Å². The number of nitrogen functional groups attached to an aromatic ring is 1. The zero-order chi connectivity index (χ0) is 63.7. The number of fused-ring (bicyclic) bond motifs is 8. The average Bonchev–Trinajstić information content (AvgIpc) is 1.46. The number of carbonyl (C=O) groups is 3. The number of aromatic nitrogens is 4. The first-order chi connectivity index (χ1) is 43.9. The van der Waals surface area contributed by atoms with Crippen LogP contribution in [-0.2, 0) is 78.0 Å². The number of ether oxygens (including phenoxy) is 3. The summed E-state index contributed by atoms with van der Waals surface area (Å²) in [6.07, 6.45) is 8.18. The van der Waals surface area contributed by atoms with E-state index in [9.17, 15) is 29.5 Å². The second-order valence-corrected chi connectivity index (χ2v) is 25.4. The molecule has 0 bridgehead atoms. The number of anilines is 2. The van der Waals surface area contributed by atoms with Gasteiger partial charge in [-0.05, 0) is 123 Å². The molecule has 3 aromatic carbocycles. The summed E-state index contributed by atoms with van der Waals surface area (Å²) in [6, 6.07) is 12.9. The maximum absolute atomic E-state index is 17.1. The van der Waals surface area contributed by atoms with E-state index in [4.69, 9.17) is 46.7 Å². The van der Waals surface area contributed by atoms with Crippen LogP contribution in [0, 0.1) is 29.9 Å². The number of amides is 2. The summed E-state index contributed by atoms with van der Waals surface area (Å²) in [6.45, 7) is 11.3. The minimum absolute atomic E-state index is 0. The first-order valence-corrected chi connectivity index (χ1v) is 31.4. The monoisotopic (exact) mass is 1370 g/mol. The molecule has 0 spiro atoms. The number of phenols is 1. The Hall–Kier alpha value is -7.76. The number of halogens is 4. The van der Waals surface area contributed by atoms with Crippen LogP contribution in [0.25, 0.3) is 44.6 Å². The Bertz CT molecular complexity index is 4520. The molecule has 26 heteroatoms. The normalized spacial score (nSPS) is 18.3. The molecule has 7 aromatic rings. The Morgan fingerprint density at radius 2 is 1.77 bits per heavy atom. The molecule has 3 saturated heterocycles. The number of carbonyl (C=O) groups excluding carboxylic acids is 3. The van der Waals surface area contributed by atoms with Gasteiger partial charge in [0.05, 0.1) is 68.2 Å². The smallest absolute Gasteiger partial charge is 0.407 e. The number of phenolic OH excluding ortho intramolecular Hbond substituents is 1. The van der Waals surface area contributed by atoms with Crippen LogP contribution in [0.1, 0.15) is 114 Å². The first kappa shape index (κ1) is 64.4. The Kier molecular flexibility index (Phi) is 18.2. The number of rotatable bonds is 12. The third kappa shape index (κ3) is 11.4. The molecule has 7 aliphatic rings. The maximum Gasteiger partial charge on any atom is 0.407 e. The number of thiophene rings is 1. The van der Waals surface area contributed by atoms with Gasteiger partial charge in [0.25, 0.3) is 11.5 Å². The van der Waals surface area contributed by atoms with Gasteiger partial charge < -0.3 is 49.9 Å². The molecule has 2 unspecified atom stereocenters. The number of allylic oxidation sites excluding steroid dienone is 2. The number of hydroxylamine groups is 1. The Morgan fingerprint density at radius 1 is 1.02 bits per heavy atom. The number of aromatic hydroxyl groups is 1. The van der Waals surface area contributed by atoms with Crippen LogP contribution >= 0.6 is 22.9 Å². The number of nitrogens with one attached hydrogen (secondary N) is 2. The number of pyridine rings is 2. The van der Waals surface area contributed by atoms with E-state index in [1.54, 1.807) is 46.7 Å². The van der Waals surface area contributed by atoms with Crippen molar-refractivity contribution in [2.24, 2.45) is 0 Å². The maximum atomic E-state index is 17.1. The van der Waals surface area contributed by atoms with Crippen molar-refractivity contribution in [1.82, 2.24) is 40.1 Å². The van der Waals surface area contributed by atoms with Crippen molar-refractivity contribution in [3.05, 3.63) is 154 Å². The fourth-order valence-electron chi connectivity index (χ4n) is 14.2. The van der Waals surface area contributed by atoms with Crippen molar-refractivity contribution >= 4 is 84.9 Å². The molecule has 2 atom stereocenters. The van der Waals surface area contributed by atoms with E-state index in [-0.39, 0.29) is 154 Å². The third-order valence-corrected chi connectivity index (χ3v) is 20.1. The standard InChI is InChI=1S/C34H35ClF2N8O3S.C32H28FN3O6.Y/c1-19(17-40-47)32(46)44-13-11-43(12-14-44)31-21-15-23(35)26(20-5-2-6-24(36)29-25(20)22(16-38)30(39)49-29)27(37)28(21)41-33(42-31)48-18-34-7-3-9-45(34)10-4-8-34;1-3-18-20-10-26-29-21(12-36(26)30(38)22(20)14-41-31(18)39)28-24(35-32(40)42-13-16-4-6-17(37)7-5-16)9-8-19-15(2)23(33)11-25(34-29)27(19)28;/h2,5,15,40,47H,1,3-4,6-14,17-18,39H2;4-7,10-11,18,24,37H,3,8-9,12-14H2,1-2H3,(H,35,40);. The number of alkyl carbamates (subject to hydrolysis) is 1. The number of nitrogens with two attached hydrogens (primary N) is 1. The van der Waals surface area contributed by atoms with Gasteiger partial charge in [0, 0.05) is 104 Å². The number of nitriles is 1. The summed E-state index contributed by atoms with van der Waals surface area (Å²) in [5, 5.41) is 33.0. The molecule has 20 nitrogen and oxygen atoms in total. The Morgan fingerprint density at radius 3 is 2.49 bits per heavy atom. The number of benzene rings is 3. The van der Waals surface area contributed by atoms with E-state index >= 15 is 13.2 Å². The van der Waals surface area contributed by atoms with E-state index in [1.807, 2.05) is 23.4 Å². The van der Waals surface area contributed by atoms with Gasteiger partial charge in [0.2, 0.25) is 0 Å². The predicted octanol–water partition coefficient (Wildman–Crippen LogP) is 8.41. The van der Waals surface area contributed by atoms with E-state index in [2.05, 4.69) is 27.8 Å². The van der Waals surface area contributed by atoms with Crippen molar-refractivity contribution in [3.8, 4) is 29.2 Å².